The molecule has 1 heterocycles. The molecule has 0 radical (unpaired) electrons. The Labute approximate surface area is 177 Å². The molecule has 3 aromatic rings. The van der Waals surface area contributed by atoms with Crippen LogP contribution in [0.4, 0.5) is 0 Å². The van der Waals surface area contributed by atoms with Gasteiger partial charge in [0.25, 0.3) is 0 Å². The van der Waals surface area contributed by atoms with Crippen molar-refractivity contribution in [1.82, 2.24) is 10.7 Å². The highest BCUT2D eigenvalue weighted by Crippen LogP contribution is 2.29. The molecule has 6 nitrogen and oxygen atoms in total. The molecule has 2 N–H and O–H groups in total. The summed E-state index contributed by atoms with van der Waals surface area (Å²) in [4.78, 5) is 23.6. The van der Waals surface area contributed by atoms with Gasteiger partial charge in [-0.1, -0.05) is 53.5 Å². The fourth-order valence-corrected chi connectivity index (χ4v) is 2.74. The normalized spacial score (nSPS) is 10.8. The third kappa shape index (κ3) is 6.20. The second kappa shape index (κ2) is 9.91. The SMILES string of the molecule is O=C(CC(=O)N/N=C\c1ccc(-c2ccc(Cl)c(Cl)c2)o1)NCc1ccccc1. The van der Waals surface area contributed by atoms with E-state index in [9.17, 15) is 9.59 Å². The van der Waals surface area contributed by atoms with Gasteiger partial charge in [0.05, 0.1) is 16.3 Å². The molecule has 29 heavy (non-hydrogen) atoms. The van der Waals surface area contributed by atoms with E-state index in [-0.39, 0.29) is 12.3 Å². The second-order valence-corrected chi connectivity index (χ2v) is 6.88. The van der Waals surface area contributed by atoms with Crippen LogP contribution in [0.3, 0.4) is 0 Å². The Morgan fingerprint density at radius 1 is 0.966 bits per heavy atom. The van der Waals surface area contributed by atoms with Crippen LogP contribution in [0.15, 0.2) is 70.2 Å². The molecular formula is C21H17Cl2N3O3. The highest BCUT2D eigenvalue weighted by atomic mass is 35.5. The van der Waals surface area contributed by atoms with Gasteiger partial charge in [0.1, 0.15) is 17.9 Å². The van der Waals surface area contributed by atoms with Crippen LogP contribution in [0, 0.1) is 0 Å². The molecule has 0 saturated heterocycles. The summed E-state index contributed by atoms with van der Waals surface area (Å²) < 4.78 is 5.63. The molecular weight excluding hydrogens is 413 g/mol. The number of hydrogen-bond donors (Lipinski definition) is 2. The summed E-state index contributed by atoms with van der Waals surface area (Å²) in [6.07, 6.45) is 1.03. The van der Waals surface area contributed by atoms with Crippen LogP contribution >= 0.6 is 23.2 Å². The molecule has 0 aliphatic heterocycles. The topological polar surface area (TPSA) is 83.7 Å². The van der Waals surface area contributed by atoms with Crippen molar-refractivity contribution in [2.45, 2.75) is 13.0 Å². The van der Waals surface area contributed by atoms with Crippen molar-refractivity contribution in [2.24, 2.45) is 5.10 Å². The maximum Gasteiger partial charge on any atom is 0.249 e. The van der Waals surface area contributed by atoms with Crippen LogP contribution in [0.2, 0.25) is 10.0 Å². The molecule has 0 saturated carbocycles. The molecule has 0 atom stereocenters. The predicted octanol–water partition coefficient (Wildman–Crippen LogP) is 4.41. The van der Waals surface area contributed by atoms with Gasteiger partial charge in [-0.2, -0.15) is 5.10 Å². The number of benzene rings is 2. The lowest BCUT2D eigenvalue weighted by atomic mass is 10.2. The van der Waals surface area contributed by atoms with Gasteiger partial charge < -0.3 is 9.73 Å². The summed E-state index contributed by atoms with van der Waals surface area (Å²) in [5.41, 5.74) is 4.01. The highest BCUT2D eigenvalue weighted by molar-refractivity contribution is 6.42. The number of carbonyl (C=O) groups is 2. The third-order valence-electron chi connectivity index (χ3n) is 3.87. The molecule has 0 aliphatic carbocycles. The Morgan fingerprint density at radius 2 is 1.76 bits per heavy atom. The predicted molar refractivity (Wildman–Crippen MR) is 113 cm³/mol. The van der Waals surface area contributed by atoms with Gasteiger partial charge in [-0.25, -0.2) is 5.43 Å². The van der Waals surface area contributed by atoms with Crippen molar-refractivity contribution in [2.75, 3.05) is 0 Å². The van der Waals surface area contributed by atoms with Gasteiger partial charge >= 0.3 is 0 Å². The van der Waals surface area contributed by atoms with E-state index in [4.69, 9.17) is 27.6 Å². The van der Waals surface area contributed by atoms with Gasteiger partial charge in [-0.15, -0.1) is 0 Å². The molecule has 0 bridgehead atoms. The fraction of sp³-hybridized carbons (Fsp3) is 0.0952. The van der Waals surface area contributed by atoms with Crippen molar-refractivity contribution in [1.29, 1.82) is 0 Å². The molecule has 3 rings (SSSR count). The Hall–Kier alpha value is -3.09. The summed E-state index contributed by atoms with van der Waals surface area (Å²) in [5.74, 6) is 0.0982. The summed E-state index contributed by atoms with van der Waals surface area (Å²) in [6, 6.07) is 18.0. The summed E-state index contributed by atoms with van der Waals surface area (Å²) in [7, 11) is 0. The van der Waals surface area contributed by atoms with Crippen molar-refractivity contribution in [3.8, 4) is 11.3 Å². The summed E-state index contributed by atoms with van der Waals surface area (Å²) >= 11 is 11.9. The smallest absolute Gasteiger partial charge is 0.249 e. The van der Waals surface area contributed by atoms with Gasteiger partial charge in [0.15, 0.2) is 0 Å². The number of nitrogens with one attached hydrogen (secondary N) is 2. The molecule has 0 unspecified atom stereocenters. The standard InChI is InChI=1S/C21H17Cl2N3O3/c22-17-8-6-15(10-18(17)23)19-9-7-16(29-19)13-25-26-21(28)11-20(27)24-12-14-4-2-1-3-5-14/h1-10,13H,11-12H2,(H,24,27)(H,26,28)/b25-13-. The monoisotopic (exact) mass is 429 g/mol. The van der Waals surface area contributed by atoms with Crippen LogP contribution in [-0.2, 0) is 16.1 Å². The molecule has 0 fully saturated rings. The van der Waals surface area contributed by atoms with Crippen molar-refractivity contribution >= 4 is 41.2 Å². The average Bonchev–Trinajstić information content (AvgIpc) is 3.18. The Kier molecular flexibility index (Phi) is 7.05. The van der Waals surface area contributed by atoms with E-state index in [1.807, 2.05) is 30.3 Å². The number of nitrogens with zero attached hydrogens (tertiary/aromatic N) is 1. The van der Waals surface area contributed by atoms with Gasteiger partial charge in [-0.3, -0.25) is 9.59 Å². The highest BCUT2D eigenvalue weighted by Gasteiger charge is 2.09. The number of hydrogen-bond acceptors (Lipinski definition) is 4. The van der Waals surface area contributed by atoms with Crippen LogP contribution < -0.4 is 10.7 Å². The number of carbonyl (C=O) groups excluding carboxylic acids is 2. The number of rotatable bonds is 7. The van der Waals surface area contributed by atoms with E-state index in [1.165, 1.54) is 6.21 Å². The Bertz CT molecular complexity index is 1030. The largest absolute Gasteiger partial charge is 0.455 e. The summed E-state index contributed by atoms with van der Waals surface area (Å²) in [5, 5.41) is 7.37. The first-order chi connectivity index (χ1) is 14.0. The number of furan rings is 1. The first-order valence-corrected chi connectivity index (χ1v) is 9.44. The fourth-order valence-electron chi connectivity index (χ4n) is 2.44. The minimum absolute atomic E-state index is 0.323. The molecule has 8 heteroatoms. The zero-order valence-corrected chi connectivity index (χ0v) is 16.7. The second-order valence-electron chi connectivity index (χ2n) is 6.06. The molecule has 2 amide bonds. The lowest BCUT2D eigenvalue weighted by Crippen LogP contribution is -2.29. The van der Waals surface area contributed by atoms with Gasteiger partial charge in [-0.05, 0) is 35.9 Å². The van der Waals surface area contributed by atoms with Crippen molar-refractivity contribution in [3.05, 3.63) is 82.0 Å². The summed E-state index contributed by atoms with van der Waals surface area (Å²) in [6.45, 7) is 0.361. The lowest BCUT2D eigenvalue weighted by molar-refractivity contribution is -0.129. The van der Waals surface area contributed by atoms with E-state index < -0.39 is 5.91 Å². The maximum atomic E-state index is 11.8. The van der Waals surface area contributed by atoms with Crippen LogP contribution in [0.5, 0.6) is 0 Å². The van der Waals surface area contributed by atoms with Gasteiger partial charge in [0.2, 0.25) is 11.8 Å². The maximum absolute atomic E-state index is 11.8. The zero-order valence-electron chi connectivity index (χ0n) is 15.2. The third-order valence-corrected chi connectivity index (χ3v) is 4.60. The quantitative estimate of drug-likeness (QED) is 0.331. The molecule has 2 aromatic carbocycles. The van der Waals surface area contributed by atoms with E-state index >= 15 is 0 Å². The first-order valence-electron chi connectivity index (χ1n) is 8.69. The minimum Gasteiger partial charge on any atom is -0.455 e. The van der Waals surface area contributed by atoms with E-state index in [1.54, 1.807) is 30.3 Å². The van der Waals surface area contributed by atoms with Gasteiger partial charge in [0, 0.05) is 12.1 Å². The van der Waals surface area contributed by atoms with E-state index in [0.29, 0.717) is 28.1 Å². The minimum atomic E-state index is -0.525. The molecule has 1 aromatic heterocycles. The molecule has 148 valence electrons. The molecule has 0 spiro atoms. The van der Waals surface area contributed by atoms with Crippen LogP contribution in [0.1, 0.15) is 17.7 Å². The lowest BCUT2D eigenvalue weighted by Gasteiger charge is -2.04. The van der Waals surface area contributed by atoms with E-state index in [0.717, 1.165) is 11.1 Å². The van der Waals surface area contributed by atoms with Crippen LogP contribution in [-0.4, -0.2) is 18.0 Å². The van der Waals surface area contributed by atoms with Crippen molar-refractivity contribution < 1.29 is 14.0 Å². The Morgan fingerprint density at radius 3 is 2.52 bits per heavy atom. The van der Waals surface area contributed by atoms with E-state index in [2.05, 4.69) is 15.8 Å². The van der Waals surface area contributed by atoms with Crippen LogP contribution in [0.25, 0.3) is 11.3 Å². The first kappa shape index (κ1) is 20.6. The molecule has 0 aliphatic rings. The number of hydrazone groups is 1. The Balaban J connectivity index is 1.47. The average molecular weight is 430 g/mol. The number of amides is 2. The zero-order chi connectivity index (χ0) is 20.6. The van der Waals surface area contributed by atoms with Crippen molar-refractivity contribution in [3.63, 3.8) is 0 Å². The number of halogens is 2.